The van der Waals surface area contributed by atoms with E-state index < -0.39 is 18.0 Å². The van der Waals surface area contributed by atoms with E-state index in [1.807, 2.05) is 0 Å². The number of nitrogens with zero attached hydrogens (tertiary/aromatic N) is 3. The van der Waals surface area contributed by atoms with Crippen LogP contribution in [0.2, 0.25) is 0 Å². The predicted octanol–water partition coefficient (Wildman–Crippen LogP) is 1.41. The zero-order valence-corrected chi connectivity index (χ0v) is 10.9. The van der Waals surface area contributed by atoms with E-state index in [4.69, 9.17) is 10.6 Å². The Labute approximate surface area is 109 Å². The Morgan fingerprint density at radius 1 is 1.58 bits per heavy atom. The van der Waals surface area contributed by atoms with Crippen molar-refractivity contribution in [3.8, 4) is 0 Å². The smallest absolute Gasteiger partial charge is 0.282 e. The summed E-state index contributed by atoms with van der Waals surface area (Å²) in [4.78, 5) is 16.2. The van der Waals surface area contributed by atoms with E-state index >= 15 is 0 Å². The van der Waals surface area contributed by atoms with Crippen molar-refractivity contribution in [3.63, 3.8) is 0 Å². The van der Waals surface area contributed by atoms with Crippen LogP contribution in [0.15, 0.2) is 5.16 Å². The van der Waals surface area contributed by atoms with Gasteiger partial charge in [-0.1, -0.05) is 5.16 Å². The van der Waals surface area contributed by atoms with Gasteiger partial charge < -0.3 is 10.6 Å². The van der Waals surface area contributed by atoms with Gasteiger partial charge in [-0.15, -0.1) is 0 Å². The fourth-order valence-corrected chi connectivity index (χ4v) is 1.53. The molecule has 0 aromatic carbocycles. The van der Waals surface area contributed by atoms with Crippen molar-refractivity contribution in [2.24, 2.45) is 17.9 Å². The van der Waals surface area contributed by atoms with Crippen LogP contribution >= 0.6 is 0 Å². The third-order valence-electron chi connectivity index (χ3n) is 2.28. The number of hydrogen-bond acceptors (Lipinski definition) is 4. The Hall–Kier alpha value is -1.99. The minimum Gasteiger partial charge on any atom is -0.393 e. The van der Waals surface area contributed by atoms with Gasteiger partial charge in [-0.25, -0.2) is 8.78 Å². The van der Waals surface area contributed by atoms with Gasteiger partial charge in [0.25, 0.3) is 12.3 Å². The monoisotopic (exact) mass is 274 g/mol. The second-order valence-corrected chi connectivity index (χ2v) is 4.14. The molecule has 1 heterocycles. The number of primary amides is 1. The quantitative estimate of drug-likeness (QED) is 0.629. The lowest BCUT2D eigenvalue weighted by atomic mass is 10.1. The summed E-state index contributed by atoms with van der Waals surface area (Å²) in [6, 6.07) is 0. The van der Waals surface area contributed by atoms with E-state index in [-0.39, 0.29) is 23.8 Å². The van der Waals surface area contributed by atoms with Crippen molar-refractivity contribution < 1.29 is 18.4 Å². The number of alkyl halides is 2. The Morgan fingerprint density at radius 2 is 2.21 bits per heavy atom. The highest BCUT2D eigenvalue weighted by Crippen LogP contribution is 2.24. The molecular formula is C11H16F2N4O2. The number of carbonyl (C=O) groups is 1. The van der Waals surface area contributed by atoms with Crippen molar-refractivity contribution in [1.29, 1.82) is 0 Å². The lowest BCUT2D eigenvalue weighted by Crippen LogP contribution is -2.16. The molecule has 0 aliphatic heterocycles. The van der Waals surface area contributed by atoms with Crippen molar-refractivity contribution in [3.05, 3.63) is 17.0 Å². The molecule has 0 unspecified atom stereocenters. The van der Waals surface area contributed by atoms with Crippen molar-refractivity contribution in [2.75, 3.05) is 0 Å². The maximum atomic E-state index is 12.7. The summed E-state index contributed by atoms with van der Waals surface area (Å²) in [5, 5.41) is 7.26. The van der Waals surface area contributed by atoms with Gasteiger partial charge in [-0.05, 0) is 13.8 Å². The van der Waals surface area contributed by atoms with Gasteiger partial charge in [0.1, 0.15) is 11.8 Å². The number of rotatable bonds is 6. The number of aromatic nitrogens is 2. The minimum absolute atomic E-state index is 0.0879. The first-order valence-electron chi connectivity index (χ1n) is 5.66. The molecule has 2 N–H and O–H groups in total. The molecule has 19 heavy (non-hydrogen) atoms. The number of hydrogen-bond donors (Lipinski definition) is 1. The van der Waals surface area contributed by atoms with Gasteiger partial charge in [0.2, 0.25) is 0 Å². The maximum absolute atomic E-state index is 12.7. The molecule has 0 radical (unpaired) electrons. The van der Waals surface area contributed by atoms with Crippen LogP contribution < -0.4 is 5.73 Å². The van der Waals surface area contributed by atoms with Crippen LogP contribution in [0.5, 0.6) is 0 Å². The summed E-state index contributed by atoms with van der Waals surface area (Å²) in [6.07, 6.45) is -1.44. The summed E-state index contributed by atoms with van der Waals surface area (Å²) in [5.74, 6) is -0.934. The SMILES string of the molecule is CC(C)ON=CCc1c(C(N)=O)c(C(F)F)nn1C. The van der Waals surface area contributed by atoms with Crippen LogP contribution in [0.3, 0.4) is 0 Å². The largest absolute Gasteiger partial charge is 0.393 e. The summed E-state index contributed by atoms with van der Waals surface area (Å²) >= 11 is 0. The molecule has 1 amide bonds. The summed E-state index contributed by atoms with van der Waals surface area (Å²) < 4.78 is 26.7. The van der Waals surface area contributed by atoms with Crippen LogP contribution in [0.1, 0.15) is 42.0 Å². The summed E-state index contributed by atoms with van der Waals surface area (Å²) in [5.41, 5.74) is 4.53. The molecule has 106 valence electrons. The summed E-state index contributed by atoms with van der Waals surface area (Å²) in [7, 11) is 1.46. The van der Waals surface area contributed by atoms with E-state index in [0.29, 0.717) is 0 Å². The van der Waals surface area contributed by atoms with Crippen molar-refractivity contribution in [2.45, 2.75) is 32.8 Å². The van der Waals surface area contributed by atoms with Crippen LogP contribution in [0.4, 0.5) is 8.78 Å². The van der Waals surface area contributed by atoms with Gasteiger partial charge in [0.15, 0.2) is 0 Å². The van der Waals surface area contributed by atoms with Gasteiger partial charge in [-0.2, -0.15) is 5.10 Å². The normalized spacial score (nSPS) is 11.7. The molecule has 8 heteroatoms. The molecule has 6 nitrogen and oxygen atoms in total. The van der Waals surface area contributed by atoms with Crippen molar-refractivity contribution in [1.82, 2.24) is 9.78 Å². The highest BCUT2D eigenvalue weighted by molar-refractivity contribution is 5.96. The number of carbonyl (C=O) groups excluding carboxylic acids is 1. The first kappa shape index (κ1) is 15.1. The van der Waals surface area contributed by atoms with Crippen LogP contribution in [0.25, 0.3) is 0 Å². The van der Waals surface area contributed by atoms with Gasteiger partial charge in [0, 0.05) is 19.7 Å². The first-order chi connectivity index (χ1) is 8.84. The fraction of sp³-hybridized carbons (Fsp3) is 0.545. The molecular weight excluding hydrogens is 258 g/mol. The predicted molar refractivity (Wildman–Crippen MR) is 65.1 cm³/mol. The Bertz CT molecular complexity index is 483. The molecule has 0 bridgehead atoms. The lowest BCUT2D eigenvalue weighted by Gasteiger charge is -2.02. The average molecular weight is 274 g/mol. The lowest BCUT2D eigenvalue weighted by molar-refractivity contribution is 0.0868. The molecule has 0 saturated heterocycles. The maximum Gasteiger partial charge on any atom is 0.282 e. The van der Waals surface area contributed by atoms with Gasteiger partial charge in [-0.3, -0.25) is 9.48 Å². The van der Waals surface area contributed by atoms with E-state index in [1.165, 1.54) is 17.9 Å². The summed E-state index contributed by atoms with van der Waals surface area (Å²) in [6.45, 7) is 3.59. The standard InChI is InChI=1S/C11H16F2N4O2/c1-6(2)19-15-5-4-7-8(11(14)18)9(10(12)13)16-17(7)3/h5-6,10H,4H2,1-3H3,(H2,14,18). The molecule has 1 aromatic rings. The van der Waals surface area contributed by atoms with E-state index in [0.717, 1.165) is 0 Å². The average Bonchev–Trinajstić information content (AvgIpc) is 2.62. The van der Waals surface area contributed by atoms with Crippen LogP contribution in [0, 0.1) is 0 Å². The third-order valence-corrected chi connectivity index (χ3v) is 2.28. The highest BCUT2D eigenvalue weighted by atomic mass is 19.3. The second-order valence-electron chi connectivity index (χ2n) is 4.14. The molecule has 1 rings (SSSR count). The van der Waals surface area contributed by atoms with Gasteiger partial charge in [0.05, 0.1) is 11.3 Å². The van der Waals surface area contributed by atoms with E-state index in [9.17, 15) is 13.6 Å². The Morgan fingerprint density at radius 3 is 2.68 bits per heavy atom. The van der Waals surface area contributed by atoms with Gasteiger partial charge >= 0.3 is 0 Å². The van der Waals surface area contributed by atoms with E-state index in [1.54, 1.807) is 13.8 Å². The van der Waals surface area contributed by atoms with Crippen LogP contribution in [-0.4, -0.2) is 28.0 Å². The number of halogens is 2. The fourth-order valence-electron chi connectivity index (χ4n) is 1.53. The Balaban J connectivity index is 3.00. The topological polar surface area (TPSA) is 82.5 Å². The number of oxime groups is 1. The molecule has 0 aliphatic carbocycles. The number of nitrogens with two attached hydrogens (primary N) is 1. The molecule has 1 aromatic heterocycles. The molecule has 0 spiro atoms. The second kappa shape index (κ2) is 6.26. The van der Waals surface area contributed by atoms with Crippen molar-refractivity contribution >= 4 is 12.1 Å². The zero-order chi connectivity index (χ0) is 14.6. The minimum atomic E-state index is -2.86. The Kier molecular flexibility index (Phi) is 4.96. The molecule has 0 aliphatic rings. The highest BCUT2D eigenvalue weighted by Gasteiger charge is 2.25. The third kappa shape index (κ3) is 3.73. The molecule has 0 fully saturated rings. The first-order valence-corrected chi connectivity index (χ1v) is 5.66. The number of amides is 1. The van der Waals surface area contributed by atoms with Crippen LogP contribution in [-0.2, 0) is 18.3 Å². The molecule has 0 atom stereocenters. The number of aryl methyl sites for hydroxylation is 1. The zero-order valence-electron chi connectivity index (χ0n) is 10.9. The molecule has 0 saturated carbocycles. The van der Waals surface area contributed by atoms with E-state index in [2.05, 4.69) is 10.3 Å².